The van der Waals surface area contributed by atoms with E-state index in [-0.39, 0.29) is 23.8 Å². The van der Waals surface area contributed by atoms with Crippen molar-refractivity contribution >= 4 is 11.8 Å². The minimum absolute atomic E-state index is 0.0701. The number of ether oxygens (including phenoxy) is 1. The summed E-state index contributed by atoms with van der Waals surface area (Å²) in [5.74, 6) is 0.556. The second-order valence-electron chi connectivity index (χ2n) is 8.64. The highest BCUT2D eigenvalue weighted by atomic mass is 16.5. The predicted molar refractivity (Wildman–Crippen MR) is 120 cm³/mol. The standard InChI is InChI=1S/C25H34N2O3/c1-7-22(24(29)26-25(3,4)5)27(17-20-11-9-8-10-18(20)2)23(28)16-19-12-14-21(30-6)15-13-19/h8-15,22H,7,16-17H2,1-6H3,(H,26,29)/t22-/m0/s1. The van der Waals surface area contributed by atoms with Crippen LogP contribution in [0.1, 0.15) is 50.8 Å². The molecular weight excluding hydrogens is 376 g/mol. The summed E-state index contributed by atoms with van der Waals surface area (Å²) in [6, 6.07) is 14.9. The predicted octanol–water partition coefficient (Wildman–Crippen LogP) is 4.27. The van der Waals surface area contributed by atoms with Crippen LogP contribution in [-0.4, -0.2) is 35.4 Å². The Labute approximate surface area is 180 Å². The van der Waals surface area contributed by atoms with Gasteiger partial charge in [-0.25, -0.2) is 0 Å². The molecule has 0 fully saturated rings. The van der Waals surface area contributed by atoms with Crippen molar-refractivity contribution in [3.8, 4) is 5.75 Å². The smallest absolute Gasteiger partial charge is 0.243 e. The minimum Gasteiger partial charge on any atom is -0.497 e. The number of amides is 2. The fourth-order valence-electron chi connectivity index (χ4n) is 3.36. The van der Waals surface area contributed by atoms with Crippen LogP contribution in [0.2, 0.25) is 0 Å². The Hall–Kier alpha value is -2.82. The number of aryl methyl sites for hydroxylation is 1. The molecule has 2 amide bonds. The van der Waals surface area contributed by atoms with Gasteiger partial charge in [-0.2, -0.15) is 0 Å². The van der Waals surface area contributed by atoms with Gasteiger partial charge < -0.3 is 15.0 Å². The number of nitrogens with zero attached hydrogens (tertiary/aromatic N) is 1. The normalized spacial score (nSPS) is 12.2. The third-order valence-corrected chi connectivity index (χ3v) is 5.00. The summed E-state index contributed by atoms with van der Waals surface area (Å²) in [6.45, 7) is 10.2. The SMILES string of the molecule is CC[C@@H](C(=O)NC(C)(C)C)N(Cc1ccccc1C)C(=O)Cc1ccc(OC)cc1. The molecule has 0 bridgehead atoms. The van der Waals surface area contributed by atoms with E-state index < -0.39 is 6.04 Å². The third-order valence-electron chi connectivity index (χ3n) is 5.00. The Bertz CT molecular complexity index is 853. The molecule has 2 aromatic rings. The Balaban J connectivity index is 2.31. The van der Waals surface area contributed by atoms with E-state index >= 15 is 0 Å². The topological polar surface area (TPSA) is 58.6 Å². The number of hydrogen-bond donors (Lipinski definition) is 1. The first kappa shape index (κ1) is 23.5. The molecule has 162 valence electrons. The summed E-state index contributed by atoms with van der Waals surface area (Å²) in [5.41, 5.74) is 2.67. The van der Waals surface area contributed by atoms with Gasteiger partial charge in [-0.05, 0) is 62.9 Å². The average molecular weight is 411 g/mol. The van der Waals surface area contributed by atoms with E-state index in [4.69, 9.17) is 4.74 Å². The zero-order chi connectivity index (χ0) is 22.3. The van der Waals surface area contributed by atoms with E-state index in [0.717, 1.165) is 22.4 Å². The molecule has 0 unspecified atom stereocenters. The fourth-order valence-corrected chi connectivity index (χ4v) is 3.36. The summed E-state index contributed by atoms with van der Waals surface area (Å²) in [4.78, 5) is 28.1. The zero-order valence-electron chi connectivity index (χ0n) is 19.0. The van der Waals surface area contributed by atoms with E-state index in [2.05, 4.69) is 5.32 Å². The van der Waals surface area contributed by atoms with Gasteiger partial charge in [0.15, 0.2) is 0 Å². The first-order valence-corrected chi connectivity index (χ1v) is 10.4. The average Bonchev–Trinajstić information content (AvgIpc) is 2.68. The molecule has 0 radical (unpaired) electrons. The van der Waals surface area contributed by atoms with Crippen LogP contribution in [0.4, 0.5) is 0 Å². The number of carbonyl (C=O) groups excluding carboxylic acids is 2. The van der Waals surface area contributed by atoms with Crippen LogP contribution in [0.25, 0.3) is 0 Å². The van der Waals surface area contributed by atoms with Gasteiger partial charge in [0.05, 0.1) is 13.5 Å². The number of nitrogens with one attached hydrogen (secondary N) is 1. The summed E-state index contributed by atoms with van der Waals surface area (Å²) < 4.78 is 5.20. The van der Waals surface area contributed by atoms with E-state index in [9.17, 15) is 9.59 Å². The Kier molecular flexibility index (Phi) is 8.04. The molecule has 30 heavy (non-hydrogen) atoms. The minimum atomic E-state index is -0.533. The number of rotatable bonds is 8. The molecule has 0 spiro atoms. The lowest BCUT2D eigenvalue weighted by Crippen LogP contribution is -2.53. The fraction of sp³-hybridized carbons (Fsp3) is 0.440. The van der Waals surface area contributed by atoms with Crippen LogP contribution in [0, 0.1) is 6.92 Å². The molecule has 5 heteroatoms. The second kappa shape index (κ2) is 10.3. The Morgan fingerprint density at radius 3 is 2.23 bits per heavy atom. The molecule has 0 heterocycles. The molecule has 0 aliphatic heterocycles. The maximum absolute atomic E-state index is 13.4. The van der Waals surface area contributed by atoms with Crippen LogP contribution in [0.15, 0.2) is 48.5 Å². The van der Waals surface area contributed by atoms with Gasteiger partial charge >= 0.3 is 0 Å². The summed E-state index contributed by atoms with van der Waals surface area (Å²) >= 11 is 0. The highest BCUT2D eigenvalue weighted by Crippen LogP contribution is 2.19. The molecule has 0 aliphatic rings. The van der Waals surface area contributed by atoms with Gasteiger partial charge in [0.2, 0.25) is 11.8 Å². The summed E-state index contributed by atoms with van der Waals surface area (Å²) in [5, 5.41) is 3.04. The number of methoxy groups -OCH3 is 1. The van der Waals surface area contributed by atoms with Crippen molar-refractivity contribution in [3.63, 3.8) is 0 Å². The van der Waals surface area contributed by atoms with Crippen LogP contribution in [0.3, 0.4) is 0 Å². The van der Waals surface area contributed by atoms with Crippen molar-refractivity contribution in [2.45, 2.75) is 65.6 Å². The first-order valence-electron chi connectivity index (χ1n) is 10.4. The van der Waals surface area contributed by atoms with Crippen molar-refractivity contribution in [2.75, 3.05) is 7.11 Å². The molecule has 0 saturated heterocycles. The summed E-state index contributed by atoms with van der Waals surface area (Å²) in [6.07, 6.45) is 0.775. The molecule has 2 aromatic carbocycles. The third kappa shape index (κ3) is 6.61. The van der Waals surface area contributed by atoms with Gasteiger partial charge in [-0.3, -0.25) is 9.59 Å². The number of hydrogen-bond acceptors (Lipinski definition) is 3. The van der Waals surface area contributed by atoms with E-state index in [1.165, 1.54) is 0 Å². The van der Waals surface area contributed by atoms with Gasteiger partial charge in [-0.15, -0.1) is 0 Å². The van der Waals surface area contributed by atoms with Crippen molar-refractivity contribution in [2.24, 2.45) is 0 Å². The van der Waals surface area contributed by atoms with Crippen LogP contribution < -0.4 is 10.1 Å². The molecule has 1 atom stereocenters. The van der Waals surface area contributed by atoms with E-state index in [0.29, 0.717) is 13.0 Å². The lowest BCUT2D eigenvalue weighted by molar-refractivity contribution is -0.141. The highest BCUT2D eigenvalue weighted by molar-refractivity contribution is 5.88. The number of carbonyl (C=O) groups is 2. The molecule has 5 nitrogen and oxygen atoms in total. The van der Waals surface area contributed by atoms with Crippen LogP contribution in [-0.2, 0) is 22.6 Å². The van der Waals surface area contributed by atoms with Crippen LogP contribution >= 0.6 is 0 Å². The van der Waals surface area contributed by atoms with Crippen molar-refractivity contribution in [1.82, 2.24) is 10.2 Å². The molecule has 2 rings (SSSR count). The second-order valence-corrected chi connectivity index (χ2v) is 8.64. The van der Waals surface area contributed by atoms with Gasteiger partial charge in [-0.1, -0.05) is 43.3 Å². The Morgan fingerprint density at radius 1 is 1.07 bits per heavy atom. The lowest BCUT2D eigenvalue weighted by atomic mass is 10.0. The maximum Gasteiger partial charge on any atom is 0.243 e. The quantitative estimate of drug-likeness (QED) is 0.707. The molecule has 0 aromatic heterocycles. The Morgan fingerprint density at radius 2 is 1.70 bits per heavy atom. The highest BCUT2D eigenvalue weighted by Gasteiger charge is 2.30. The van der Waals surface area contributed by atoms with Crippen LogP contribution in [0.5, 0.6) is 5.75 Å². The van der Waals surface area contributed by atoms with E-state index in [1.807, 2.05) is 83.1 Å². The molecule has 1 N–H and O–H groups in total. The van der Waals surface area contributed by atoms with E-state index in [1.54, 1.807) is 12.0 Å². The lowest BCUT2D eigenvalue weighted by Gasteiger charge is -2.33. The molecular formula is C25H34N2O3. The van der Waals surface area contributed by atoms with Gasteiger partial charge in [0.1, 0.15) is 11.8 Å². The van der Waals surface area contributed by atoms with Crippen molar-refractivity contribution in [3.05, 3.63) is 65.2 Å². The summed E-state index contributed by atoms with van der Waals surface area (Å²) in [7, 11) is 1.61. The molecule has 0 saturated carbocycles. The maximum atomic E-state index is 13.4. The zero-order valence-corrected chi connectivity index (χ0v) is 19.0. The number of benzene rings is 2. The van der Waals surface area contributed by atoms with Gasteiger partial charge in [0, 0.05) is 12.1 Å². The monoisotopic (exact) mass is 410 g/mol. The van der Waals surface area contributed by atoms with Gasteiger partial charge in [0.25, 0.3) is 0 Å². The molecule has 0 aliphatic carbocycles. The largest absolute Gasteiger partial charge is 0.497 e. The van der Waals surface area contributed by atoms with Crippen molar-refractivity contribution < 1.29 is 14.3 Å². The van der Waals surface area contributed by atoms with Crippen molar-refractivity contribution in [1.29, 1.82) is 0 Å². The first-order chi connectivity index (χ1) is 14.1.